The molecular formula is C13H16BrFN2O. The summed E-state index contributed by atoms with van der Waals surface area (Å²) >= 11 is 3.08. The van der Waals surface area contributed by atoms with E-state index in [0.29, 0.717) is 10.2 Å². The van der Waals surface area contributed by atoms with Gasteiger partial charge in [-0.15, -0.1) is 0 Å². The number of halogens is 2. The van der Waals surface area contributed by atoms with Crippen LogP contribution in [0.4, 0.5) is 10.1 Å². The largest absolute Gasteiger partial charge is 0.328 e. The quantitative estimate of drug-likeness (QED) is 0.881. The van der Waals surface area contributed by atoms with Gasteiger partial charge in [0.05, 0.1) is 4.47 Å². The van der Waals surface area contributed by atoms with Gasteiger partial charge >= 0.3 is 0 Å². The third kappa shape index (κ3) is 3.29. The lowest BCUT2D eigenvalue weighted by molar-refractivity contribution is -0.120. The molecule has 2 rings (SSSR count). The van der Waals surface area contributed by atoms with Crippen LogP contribution in [0.5, 0.6) is 0 Å². The first-order chi connectivity index (χ1) is 8.56. The lowest BCUT2D eigenvalue weighted by atomic mass is 9.86. The fraction of sp³-hybridized carbons (Fsp3) is 0.462. The maximum atomic E-state index is 13.3. The van der Waals surface area contributed by atoms with E-state index in [4.69, 9.17) is 5.73 Å². The fourth-order valence-corrected chi connectivity index (χ4v) is 2.45. The molecule has 0 radical (unpaired) electrons. The zero-order chi connectivity index (χ0) is 13.1. The van der Waals surface area contributed by atoms with E-state index in [9.17, 15) is 9.18 Å². The van der Waals surface area contributed by atoms with E-state index in [-0.39, 0.29) is 23.7 Å². The van der Waals surface area contributed by atoms with Gasteiger partial charge in [-0.05, 0) is 59.8 Å². The minimum absolute atomic E-state index is 0.00323. The summed E-state index contributed by atoms with van der Waals surface area (Å²) < 4.78 is 13.7. The van der Waals surface area contributed by atoms with Crippen molar-refractivity contribution < 1.29 is 9.18 Å². The Labute approximate surface area is 114 Å². The summed E-state index contributed by atoms with van der Waals surface area (Å²) in [6, 6.07) is 4.80. The van der Waals surface area contributed by atoms with Crippen molar-refractivity contribution in [2.24, 2.45) is 11.7 Å². The van der Waals surface area contributed by atoms with Gasteiger partial charge in [0.1, 0.15) is 5.82 Å². The van der Waals surface area contributed by atoms with Gasteiger partial charge in [0.25, 0.3) is 0 Å². The van der Waals surface area contributed by atoms with Gasteiger partial charge < -0.3 is 11.1 Å². The van der Waals surface area contributed by atoms with Crippen LogP contribution in [0.3, 0.4) is 0 Å². The van der Waals surface area contributed by atoms with E-state index < -0.39 is 0 Å². The number of nitrogens with two attached hydrogens (primary N) is 1. The van der Waals surface area contributed by atoms with Crippen molar-refractivity contribution >= 4 is 27.5 Å². The summed E-state index contributed by atoms with van der Waals surface area (Å²) in [4.78, 5) is 12.0. The maximum Gasteiger partial charge on any atom is 0.227 e. The Balaban J connectivity index is 1.96. The molecule has 3 N–H and O–H groups in total. The first kappa shape index (κ1) is 13.5. The van der Waals surface area contributed by atoms with Crippen molar-refractivity contribution in [3.8, 4) is 0 Å². The number of nitrogens with one attached hydrogen (secondary N) is 1. The molecule has 0 heterocycles. The van der Waals surface area contributed by atoms with Gasteiger partial charge in [-0.1, -0.05) is 0 Å². The molecule has 1 fully saturated rings. The minimum atomic E-state index is -0.376. The van der Waals surface area contributed by atoms with Crippen LogP contribution < -0.4 is 11.1 Å². The lowest BCUT2D eigenvalue weighted by Gasteiger charge is -2.25. The monoisotopic (exact) mass is 314 g/mol. The molecule has 1 saturated carbocycles. The Morgan fingerprint density at radius 3 is 2.61 bits per heavy atom. The average molecular weight is 315 g/mol. The molecule has 98 valence electrons. The molecule has 0 aliphatic heterocycles. The summed E-state index contributed by atoms with van der Waals surface area (Å²) in [5.74, 6) is -0.418. The molecule has 1 aromatic rings. The number of carbonyl (C=O) groups is 1. The van der Waals surface area contributed by atoms with Crippen LogP contribution in [0.1, 0.15) is 25.7 Å². The second-order valence-corrected chi connectivity index (χ2v) is 5.58. The first-order valence-electron chi connectivity index (χ1n) is 6.08. The van der Waals surface area contributed by atoms with E-state index in [1.54, 1.807) is 12.1 Å². The molecule has 5 heteroatoms. The second kappa shape index (κ2) is 5.80. The third-order valence-electron chi connectivity index (χ3n) is 3.33. The first-order valence-corrected chi connectivity index (χ1v) is 6.87. The van der Waals surface area contributed by atoms with Gasteiger partial charge in [-0.25, -0.2) is 4.39 Å². The van der Waals surface area contributed by atoms with Crippen LogP contribution in [0, 0.1) is 11.7 Å². The molecule has 3 nitrogen and oxygen atoms in total. The predicted molar refractivity (Wildman–Crippen MR) is 72.7 cm³/mol. The average Bonchev–Trinajstić information content (AvgIpc) is 2.34. The highest BCUT2D eigenvalue weighted by atomic mass is 79.9. The van der Waals surface area contributed by atoms with E-state index in [2.05, 4.69) is 21.2 Å². The zero-order valence-corrected chi connectivity index (χ0v) is 11.5. The Morgan fingerprint density at radius 1 is 1.33 bits per heavy atom. The highest BCUT2D eigenvalue weighted by Crippen LogP contribution is 2.25. The van der Waals surface area contributed by atoms with Crippen molar-refractivity contribution in [2.45, 2.75) is 31.7 Å². The molecule has 1 aliphatic carbocycles. The number of amides is 1. The minimum Gasteiger partial charge on any atom is -0.328 e. The molecule has 1 amide bonds. The SMILES string of the molecule is NC1CCC(C(=O)Nc2ccc(Br)c(F)c2)CC1. The summed E-state index contributed by atoms with van der Waals surface area (Å²) in [7, 11) is 0. The van der Waals surface area contributed by atoms with Crippen molar-refractivity contribution in [1.29, 1.82) is 0 Å². The Bertz CT molecular complexity index is 445. The van der Waals surface area contributed by atoms with Crippen LogP contribution in [-0.2, 0) is 4.79 Å². The molecule has 0 saturated heterocycles. The number of hydrogen-bond acceptors (Lipinski definition) is 2. The van der Waals surface area contributed by atoms with Crippen LogP contribution in [-0.4, -0.2) is 11.9 Å². The molecule has 0 atom stereocenters. The van der Waals surface area contributed by atoms with Gasteiger partial charge in [0.15, 0.2) is 0 Å². The molecule has 1 aliphatic rings. The number of rotatable bonds is 2. The van der Waals surface area contributed by atoms with Crippen molar-refractivity contribution in [3.63, 3.8) is 0 Å². The fourth-order valence-electron chi connectivity index (χ4n) is 2.20. The van der Waals surface area contributed by atoms with Gasteiger partial charge in [-0.3, -0.25) is 4.79 Å². The van der Waals surface area contributed by atoms with E-state index in [0.717, 1.165) is 25.7 Å². The number of benzene rings is 1. The Kier molecular flexibility index (Phi) is 4.35. The predicted octanol–water partition coefficient (Wildman–Crippen LogP) is 3.04. The van der Waals surface area contributed by atoms with Gasteiger partial charge in [-0.2, -0.15) is 0 Å². The van der Waals surface area contributed by atoms with Gasteiger partial charge in [0.2, 0.25) is 5.91 Å². The van der Waals surface area contributed by atoms with Crippen molar-refractivity contribution in [3.05, 3.63) is 28.5 Å². The van der Waals surface area contributed by atoms with Crippen LogP contribution in [0.2, 0.25) is 0 Å². The maximum absolute atomic E-state index is 13.3. The third-order valence-corrected chi connectivity index (χ3v) is 3.97. The Hall–Kier alpha value is -0.940. The lowest BCUT2D eigenvalue weighted by Crippen LogP contribution is -2.32. The molecule has 0 aromatic heterocycles. The second-order valence-electron chi connectivity index (χ2n) is 4.73. The van der Waals surface area contributed by atoms with Crippen LogP contribution in [0.25, 0.3) is 0 Å². The number of anilines is 1. The summed E-state index contributed by atoms with van der Waals surface area (Å²) in [6.07, 6.45) is 3.39. The summed E-state index contributed by atoms with van der Waals surface area (Å²) in [5.41, 5.74) is 6.30. The molecular weight excluding hydrogens is 299 g/mol. The number of carbonyl (C=O) groups excluding carboxylic acids is 1. The molecule has 0 unspecified atom stereocenters. The van der Waals surface area contributed by atoms with Crippen molar-refractivity contribution in [1.82, 2.24) is 0 Å². The highest BCUT2D eigenvalue weighted by Gasteiger charge is 2.24. The number of hydrogen-bond donors (Lipinski definition) is 2. The summed E-state index contributed by atoms with van der Waals surface area (Å²) in [5, 5.41) is 2.75. The smallest absolute Gasteiger partial charge is 0.227 e. The van der Waals surface area contributed by atoms with Crippen molar-refractivity contribution in [2.75, 3.05) is 5.32 Å². The standard InChI is InChI=1S/C13H16BrFN2O/c14-11-6-5-10(7-12(11)15)17-13(18)8-1-3-9(16)4-2-8/h5-9H,1-4,16H2,(H,17,18). The Morgan fingerprint density at radius 2 is 2.00 bits per heavy atom. The molecule has 18 heavy (non-hydrogen) atoms. The highest BCUT2D eigenvalue weighted by molar-refractivity contribution is 9.10. The topological polar surface area (TPSA) is 55.1 Å². The van der Waals surface area contributed by atoms with Gasteiger partial charge in [0, 0.05) is 17.6 Å². The van der Waals surface area contributed by atoms with E-state index in [1.807, 2.05) is 0 Å². The zero-order valence-electron chi connectivity index (χ0n) is 9.96. The van der Waals surface area contributed by atoms with E-state index in [1.165, 1.54) is 6.07 Å². The normalized spacial score (nSPS) is 23.7. The summed E-state index contributed by atoms with van der Waals surface area (Å²) in [6.45, 7) is 0. The molecule has 1 aromatic carbocycles. The molecule has 0 spiro atoms. The van der Waals surface area contributed by atoms with Crippen LogP contribution >= 0.6 is 15.9 Å². The van der Waals surface area contributed by atoms with Crippen LogP contribution in [0.15, 0.2) is 22.7 Å². The van der Waals surface area contributed by atoms with E-state index >= 15 is 0 Å². The molecule has 0 bridgehead atoms.